The summed E-state index contributed by atoms with van der Waals surface area (Å²) in [5.41, 5.74) is 0.737. The van der Waals surface area contributed by atoms with Crippen molar-refractivity contribution in [2.24, 2.45) is 0 Å². The molecule has 0 aliphatic carbocycles. The fraction of sp³-hybridized carbons (Fsp3) is 0.385. The van der Waals surface area contributed by atoms with E-state index in [0.717, 1.165) is 39.6 Å². The summed E-state index contributed by atoms with van der Waals surface area (Å²) in [7, 11) is 1.68. The summed E-state index contributed by atoms with van der Waals surface area (Å²) in [4.78, 5) is 0. The highest BCUT2D eigenvalue weighted by Crippen LogP contribution is 2.31. The van der Waals surface area contributed by atoms with E-state index in [1.807, 2.05) is 0 Å². The average Bonchev–Trinajstić information content (AvgIpc) is 2.90. The highest BCUT2D eigenvalue weighted by molar-refractivity contribution is 9.10. The molecule has 0 saturated heterocycles. The summed E-state index contributed by atoms with van der Waals surface area (Å²) in [5, 5.41) is 13.2. The Hall–Kier alpha value is -0.890. The number of nitrogens with zero attached hydrogens (tertiary/aromatic N) is 2. The molecule has 1 heterocycles. The molecule has 1 aromatic heterocycles. The third kappa shape index (κ3) is 4.31. The zero-order valence-corrected chi connectivity index (χ0v) is 13.4. The van der Waals surface area contributed by atoms with Gasteiger partial charge in [-0.05, 0) is 18.2 Å². The monoisotopic (exact) mass is 359 g/mol. The maximum atomic E-state index is 13.3. The van der Waals surface area contributed by atoms with Crippen molar-refractivity contribution in [3.8, 4) is 10.6 Å². The number of benzene rings is 1. The highest BCUT2D eigenvalue weighted by Gasteiger charge is 2.10. The number of hydrogen-bond acceptors (Lipinski definition) is 5. The summed E-state index contributed by atoms with van der Waals surface area (Å²) in [6.45, 7) is 2.33. The van der Waals surface area contributed by atoms with Gasteiger partial charge in [0.05, 0.1) is 6.61 Å². The minimum Gasteiger partial charge on any atom is -0.383 e. The van der Waals surface area contributed by atoms with Crippen LogP contribution in [0.3, 0.4) is 0 Å². The van der Waals surface area contributed by atoms with Gasteiger partial charge in [-0.15, -0.1) is 10.2 Å². The Morgan fingerprint density at radius 2 is 2.20 bits per heavy atom. The minimum atomic E-state index is -0.277. The molecular weight excluding hydrogens is 345 g/mol. The lowest BCUT2D eigenvalue weighted by atomic mass is 10.2. The molecule has 0 unspecified atom stereocenters. The van der Waals surface area contributed by atoms with Gasteiger partial charge in [0.25, 0.3) is 0 Å². The van der Waals surface area contributed by atoms with Crippen molar-refractivity contribution < 1.29 is 9.13 Å². The van der Waals surface area contributed by atoms with Crippen molar-refractivity contribution in [3.63, 3.8) is 0 Å². The normalized spacial score (nSPS) is 10.9. The molecule has 0 bridgehead atoms. The van der Waals surface area contributed by atoms with E-state index in [9.17, 15) is 4.39 Å². The lowest BCUT2D eigenvalue weighted by molar-refractivity contribution is 0.199. The number of nitrogens with one attached hydrogen (secondary N) is 1. The van der Waals surface area contributed by atoms with E-state index in [0.29, 0.717) is 6.61 Å². The van der Waals surface area contributed by atoms with Gasteiger partial charge in [-0.3, -0.25) is 0 Å². The summed E-state index contributed by atoms with van der Waals surface area (Å²) >= 11 is 4.89. The van der Waals surface area contributed by atoms with Gasteiger partial charge in [0.15, 0.2) is 0 Å². The van der Waals surface area contributed by atoms with Crippen LogP contribution in [-0.4, -0.2) is 37.0 Å². The maximum absolute atomic E-state index is 13.3. The molecular formula is C13H15BrFN3OS. The predicted molar refractivity (Wildman–Crippen MR) is 81.5 cm³/mol. The Labute approximate surface area is 129 Å². The minimum absolute atomic E-state index is 0.277. The van der Waals surface area contributed by atoms with Crippen LogP contribution in [0.25, 0.3) is 10.6 Å². The topological polar surface area (TPSA) is 47.0 Å². The van der Waals surface area contributed by atoms with Gasteiger partial charge < -0.3 is 10.1 Å². The molecule has 20 heavy (non-hydrogen) atoms. The zero-order valence-electron chi connectivity index (χ0n) is 11.0. The lowest BCUT2D eigenvalue weighted by Gasteiger charge is -2.01. The quantitative estimate of drug-likeness (QED) is 0.772. The molecule has 4 nitrogen and oxygen atoms in total. The van der Waals surface area contributed by atoms with Gasteiger partial charge in [-0.1, -0.05) is 27.3 Å². The second-order valence-corrected chi connectivity index (χ2v) is 6.03. The molecule has 0 aliphatic heterocycles. The van der Waals surface area contributed by atoms with Crippen molar-refractivity contribution in [3.05, 3.63) is 33.5 Å². The van der Waals surface area contributed by atoms with Crippen molar-refractivity contribution in [2.75, 3.05) is 26.8 Å². The van der Waals surface area contributed by atoms with E-state index in [2.05, 4.69) is 31.4 Å². The molecule has 0 radical (unpaired) electrons. The Bertz CT molecular complexity index is 564. The summed E-state index contributed by atoms with van der Waals surface area (Å²) in [6, 6.07) is 4.55. The van der Waals surface area contributed by atoms with E-state index < -0.39 is 0 Å². The van der Waals surface area contributed by atoms with Crippen LogP contribution in [-0.2, 0) is 11.2 Å². The van der Waals surface area contributed by atoms with Crippen molar-refractivity contribution >= 4 is 27.3 Å². The lowest BCUT2D eigenvalue weighted by Crippen LogP contribution is -2.21. The fourth-order valence-corrected chi connectivity index (χ4v) is 3.05. The first kappa shape index (κ1) is 15.5. The molecule has 108 valence electrons. The standard InChI is InChI=1S/C13H15BrFN3OS/c1-19-7-6-16-5-4-12-17-18-13(20-12)10-8-9(15)2-3-11(10)14/h2-3,8,16H,4-7H2,1H3. The van der Waals surface area contributed by atoms with E-state index in [4.69, 9.17) is 4.74 Å². The molecule has 1 aromatic carbocycles. The van der Waals surface area contributed by atoms with Gasteiger partial charge in [-0.25, -0.2) is 4.39 Å². The van der Waals surface area contributed by atoms with Crippen molar-refractivity contribution in [1.82, 2.24) is 15.5 Å². The van der Waals surface area contributed by atoms with Crippen LogP contribution in [0.2, 0.25) is 0 Å². The predicted octanol–water partition coefficient (Wildman–Crippen LogP) is 2.89. The van der Waals surface area contributed by atoms with E-state index in [1.54, 1.807) is 13.2 Å². The van der Waals surface area contributed by atoms with E-state index in [-0.39, 0.29) is 5.82 Å². The number of hydrogen-bond donors (Lipinski definition) is 1. The van der Waals surface area contributed by atoms with Gasteiger partial charge in [0, 0.05) is 36.7 Å². The molecule has 0 fully saturated rings. The van der Waals surface area contributed by atoms with Crippen molar-refractivity contribution in [1.29, 1.82) is 0 Å². The molecule has 0 amide bonds. The summed E-state index contributed by atoms with van der Waals surface area (Å²) in [5.74, 6) is -0.277. The Kier molecular flexibility index (Phi) is 6.03. The SMILES string of the molecule is COCCNCCc1nnc(-c2cc(F)ccc2Br)s1. The van der Waals surface area contributed by atoms with Crippen LogP contribution < -0.4 is 5.32 Å². The maximum Gasteiger partial charge on any atom is 0.149 e. The first-order valence-corrected chi connectivity index (χ1v) is 7.79. The highest BCUT2D eigenvalue weighted by atomic mass is 79.9. The summed E-state index contributed by atoms with van der Waals surface area (Å²) < 4.78 is 19.0. The van der Waals surface area contributed by atoms with Gasteiger partial charge >= 0.3 is 0 Å². The third-order valence-electron chi connectivity index (χ3n) is 2.62. The largest absolute Gasteiger partial charge is 0.383 e. The van der Waals surface area contributed by atoms with Gasteiger partial charge in [-0.2, -0.15) is 0 Å². The second-order valence-electron chi connectivity index (χ2n) is 4.12. The van der Waals surface area contributed by atoms with E-state index in [1.165, 1.54) is 23.5 Å². The molecule has 1 N–H and O–H groups in total. The Morgan fingerprint density at radius 3 is 3.00 bits per heavy atom. The summed E-state index contributed by atoms with van der Waals surface area (Å²) in [6.07, 6.45) is 0.800. The molecule has 0 saturated carbocycles. The van der Waals surface area contributed by atoms with Crippen LogP contribution >= 0.6 is 27.3 Å². The Morgan fingerprint density at radius 1 is 1.35 bits per heavy atom. The molecule has 0 spiro atoms. The van der Waals surface area contributed by atoms with Crippen LogP contribution in [0.1, 0.15) is 5.01 Å². The fourth-order valence-electron chi connectivity index (χ4n) is 1.62. The number of methoxy groups -OCH3 is 1. The first-order chi connectivity index (χ1) is 9.70. The average molecular weight is 360 g/mol. The van der Waals surface area contributed by atoms with Crippen LogP contribution in [0.15, 0.2) is 22.7 Å². The number of aromatic nitrogens is 2. The number of ether oxygens (including phenoxy) is 1. The molecule has 7 heteroatoms. The molecule has 0 atom stereocenters. The first-order valence-electron chi connectivity index (χ1n) is 6.18. The van der Waals surface area contributed by atoms with Crippen LogP contribution in [0, 0.1) is 5.82 Å². The van der Waals surface area contributed by atoms with E-state index >= 15 is 0 Å². The number of rotatable bonds is 7. The molecule has 2 aromatic rings. The zero-order chi connectivity index (χ0) is 14.4. The smallest absolute Gasteiger partial charge is 0.149 e. The third-order valence-corrected chi connectivity index (χ3v) is 4.33. The van der Waals surface area contributed by atoms with Crippen LogP contribution in [0.4, 0.5) is 4.39 Å². The molecule has 0 aliphatic rings. The van der Waals surface area contributed by atoms with Crippen molar-refractivity contribution in [2.45, 2.75) is 6.42 Å². The second kappa shape index (κ2) is 7.78. The van der Waals surface area contributed by atoms with Gasteiger partial charge in [0.1, 0.15) is 15.8 Å². The molecule has 2 rings (SSSR count). The van der Waals surface area contributed by atoms with Gasteiger partial charge in [0.2, 0.25) is 0 Å². The number of halogens is 2. The van der Waals surface area contributed by atoms with Crippen LogP contribution in [0.5, 0.6) is 0 Å². The Balaban J connectivity index is 1.96.